The van der Waals surface area contributed by atoms with Crippen LogP contribution in [0.15, 0.2) is 84.0 Å². The minimum atomic E-state index is -3.73. The number of fused-ring (bicyclic) bond motifs is 1. The van der Waals surface area contributed by atoms with Gasteiger partial charge in [-0.3, -0.25) is 9.78 Å². The van der Waals surface area contributed by atoms with Crippen molar-refractivity contribution in [3.63, 3.8) is 0 Å². The molecular weight excluding hydrogens is 503 g/mol. The van der Waals surface area contributed by atoms with Crippen molar-refractivity contribution >= 4 is 26.8 Å². The van der Waals surface area contributed by atoms with Gasteiger partial charge in [0.15, 0.2) is 0 Å². The maximum Gasteiger partial charge on any atom is 0.240 e. The third-order valence-corrected chi connectivity index (χ3v) is 8.61. The summed E-state index contributed by atoms with van der Waals surface area (Å²) in [5.41, 5.74) is 3.27. The maximum absolute atomic E-state index is 13.2. The molecule has 0 aliphatic heterocycles. The largest absolute Gasteiger partial charge is 0.349 e. The average molecular weight is 533 g/mol. The van der Waals surface area contributed by atoms with Gasteiger partial charge >= 0.3 is 0 Å². The van der Waals surface area contributed by atoms with Crippen molar-refractivity contribution in [1.29, 1.82) is 0 Å². The predicted octanol–water partition coefficient (Wildman–Crippen LogP) is 5.15. The number of pyridine rings is 2. The molecule has 38 heavy (non-hydrogen) atoms. The molecule has 7 nitrogen and oxygen atoms in total. The van der Waals surface area contributed by atoms with Crippen LogP contribution in [-0.4, -0.2) is 30.3 Å². The van der Waals surface area contributed by atoms with Gasteiger partial charge in [0, 0.05) is 35.3 Å². The summed E-state index contributed by atoms with van der Waals surface area (Å²) < 4.78 is 42.2. The van der Waals surface area contributed by atoms with E-state index in [-0.39, 0.29) is 34.6 Å². The number of nitrogens with one attached hydrogen (secondary N) is 2. The quantitative estimate of drug-likeness (QED) is 0.343. The van der Waals surface area contributed by atoms with Gasteiger partial charge in [0.1, 0.15) is 5.82 Å². The number of carbonyl (C=O) groups excluding carboxylic acids is 1. The molecule has 2 aromatic carbocycles. The molecule has 1 atom stereocenters. The zero-order chi connectivity index (χ0) is 26.7. The molecule has 9 heteroatoms. The van der Waals surface area contributed by atoms with Crippen LogP contribution in [0.4, 0.5) is 4.39 Å². The number of nitrogens with zero attached hydrogens (tertiary/aromatic N) is 2. The molecule has 0 bridgehead atoms. The van der Waals surface area contributed by atoms with E-state index in [2.05, 4.69) is 20.0 Å². The Bertz CT molecular complexity index is 1540. The average Bonchev–Trinajstić information content (AvgIpc) is 2.93. The fraction of sp³-hybridized carbons (Fsp3) is 0.276. The number of aromatic nitrogens is 2. The number of rotatable bonds is 7. The van der Waals surface area contributed by atoms with E-state index in [1.165, 1.54) is 12.1 Å². The summed E-state index contributed by atoms with van der Waals surface area (Å²) in [5.74, 6) is -0.556. The number of carbonyl (C=O) groups is 1. The van der Waals surface area contributed by atoms with Crippen molar-refractivity contribution in [2.75, 3.05) is 0 Å². The van der Waals surface area contributed by atoms with Gasteiger partial charge in [-0.15, -0.1) is 0 Å². The third kappa shape index (κ3) is 5.89. The molecule has 1 saturated carbocycles. The normalized spacial score (nSPS) is 18.7. The number of amides is 1. The van der Waals surface area contributed by atoms with Crippen molar-refractivity contribution in [2.24, 2.45) is 5.92 Å². The standard InChI is InChI=1S/C29H29FN4O3S/c1-19(20-2-7-24(30)8-3-20)32-29(35)22-4-9-25(10-5-22)34-38(36,37)26-11-13-28-23(18-26)6-12-27(33-28)21-14-16-31-17-15-21/h2-3,6-8,11-19,22,25,34H,4-5,9-10H2,1H3,(H,32,35). The Labute approximate surface area is 221 Å². The Morgan fingerprint density at radius 1 is 0.947 bits per heavy atom. The number of hydrogen-bond acceptors (Lipinski definition) is 5. The van der Waals surface area contributed by atoms with E-state index in [0.29, 0.717) is 31.2 Å². The van der Waals surface area contributed by atoms with Gasteiger partial charge in [0.25, 0.3) is 0 Å². The van der Waals surface area contributed by atoms with E-state index in [1.807, 2.05) is 31.2 Å². The van der Waals surface area contributed by atoms with Gasteiger partial charge in [0.2, 0.25) is 15.9 Å². The van der Waals surface area contributed by atoms with Crippen LogP contribution in [0.25, 0.3) is 22.2 Å². The SMILES string of the molecule is CC(NC(=O)C1CCC(NS(=O)(=O)c2ccc3nc(-c4ccncc4)ccc3c2)CC1)c1ccc(F)cc1. The molecule has 4 aromatic rings. The highest BCUT2D eigenvalue weighted by atomic mass is 32.2. The van der Waals surface area contributed by atoms with Crippen LogP contribution in [-0.2, 0) is 14.8 Å². The van der Waals surface area contributed by atoms with Gasteiger partial charge in [-0.2, -0.15) is 0 Å². The highest BCUT2D eigenvalue weighted by Crippen LogP contribution is 2.28. The second-order valence-electron chi connectivity index (χ2n) is 9.74. The molecule has 0 spiro atoms. The lowest BCUT2D eigenvalue weighted by Gasteiger charge is -2.29. The van der Waals surface area contributed by atoms with E-state index in [1.54, 1.807) is 42.7 Å². The molecule has 2 heterocycles. The van der Waals surface area contributed by atoms with Crippen molar-refractivity contribution in [1.82, 2.24) is 20.0 Å². The van der Waals surface area contributed by atoms with Gasteiger partial charge < -0.3 is 5.32 Å². The molecule has 196 valence electrons. The summed E-state index contributed by atoms with van der Waals surface area (Å²) in [4.78, 5) is 21.6. The van der Waals surface area contributed by atoms with E-state index < -0.39 is 10.0 Å². The molecule has 1 amide bonds. The van der Waals surface area contributed by atoms with Crippen LogP contribution in [0.2, 0.25) is 0 Å². The van der Waals surface area contributed by atoms with Gasteiger partial charge in [-0.1, -0.05) is 18.2 Å². The molecular formula is C29H29FN4O3S. The van der Waals surface area contributed by atoms with E-state index in [0.717, 1.165) is 22.2 Å². The molecule has 5 rings (SSSR count). The molecule has 2 N–H and O–H groups in total. The van der Waals surface area contributed by atoms with Gasteiger partial charge in [-0.25, -0.2) is 22.5 Å². The lowest BCUT2D eigenvalue weighted by atomic mass is 9.85. The molecule has 1 unspecified atom stereocenters. The number of hydrogen-bond donors (Lipinski definition) is 2. The van der Waals surface area contributed by atoms with E-state index >= 15 is 0 Å². The van der Waals surface area contributed by atoms with Crippen LogP contribution in [0.3, 0.4) is 0 Å². The topological polar surface area (TPSA) is 101 Å². The summed E-state index contributed by atoms with van der Waals surface area (Å²) in [7, 11) is -3.73. The summed E-state index contributed by atoms with van der Waals surface area (Å²) in [6, 6.07) is 18.0. The van der Waals surface area contributed by atoms with Crippen LogP contribution >= 0.6 is 0 Å². The molecule has 0 saturated heterocycles. The Hall–Kier alpha value is -3.69. The van der Waals surface area contributed by atoms with E-state index in [9.17, 15) is 17.6 Å². The van der Waals surface area contributed by atoms with Crippen LogP contribution in [0, 0.1) is 11.7 Å². The number of halogens is 1. The fourth-order valence-corrected chi connectivity index (χ4v) is 6.22. The molecule has 1 fully saturated rings. The molecule has 1 aliphatic rings. The zero-order valence-corrected chi connectivity index (χ0v) is 21.8. The first-order valence-corrected chi connectivity index (χ1v) is 14.2. The minimum absolute atomic E-state index is 0.0590. The number of benzene rings is 2. The molecule has 0 radical (unpaired) electrons. The van der Waals surface area contributed by atoms with Crippen molar-refractivity contribution < 1.29 is 17.6 Å². The molecule has 1 aliphatic carbocycles. The first kappa shape index (κ1) is 25.9. The predicted molar refractivity (Wildman–Crippen MR) is 144 cm³/mol. The van der Waals surface area contributed by atoms with Crippen LogP contribution in [0.5, 0.6) is 0 Å². The monoisotopic (exact) mass is 532 g/mol. The van der Waals surface area contributed by atoms with Crippen LogP contribution < -0.4 is 10.0 Å². The van der Waals surface area contributed by atoms with Crippen molar-refractivity contribution in [3.05, 3.63) is 90.5 Å². The highest BCUT2D eigenvalue weighted by Gasteiger charge is 2.30. The lowest BCUT2D eigenvalue weighted by molar-refractivity contribution is -0.126. The zero-order valence-electron chi connectivity index (χ0n) is 21.0. The second-order valence-corrected chi connectivity index (χ2v) is 11.5. The number of sulfonamides is 1. The Morgan fingerprint density at radius 2 is 1.66 bits per heavy atom. The van der Waals surface area contributed by atoms with E-state index in [4.69, 9.17) is 0 Å². The Kier molecular flexibility index (Phi) is 7.49. The maximum atomic E-state index is 13.2. The van der Waals surface area contributed by atoms with Gasteiger partial charge in [0.05, 0.1) is 22.1 Å². The lowest BCUT2D eigenvalue weighted by Crippen LogP contribution is -2.41. The second kappa shape index (κ2) is 11.0. The van der Waals surface area contributed by atoms with Crippen LogP contribution in [0.1, 0.15) is 44.2 Å². The Morgan fingerprint density at radius 3 is 2.37 bits per heavy atom. The summed E-state index contributed by atoms with van der Waals surface area (Å²) in [5, 5.41) is 3.73. The minimum Gasteiger partial charge on any atom is -0.349 e. The summed E-state index contributed by atoms with van der Waals surface area (Å²) >= 11 is 0. The molecule has 2 aromatic heterocycles. The fourth-order valence-electron chi connectivity index (χ4n) is 4.88. The smallest absolute Gasteiger partial charge is 0.240 e. The van der Waals surface area contributed by atoms with Crippen molar-refractivity contribution in [3.8, 4) is 11.3 Å². The summed E-state index contributed by atoms with van der Waals surface area (Å²) in [6.07, 6.45) is 5.75. The van der Waals surface area contributed by atoms with Crippen molar-refractivity contribution in [2.45, 2.75) is 49.6 Å². The Balaban J connectivity index is 1.19. The third-order valence-electron chi connectivity index (χ3n) is 7.10. The van der Waals surface area contributed by atoms with Gasteiger partial charge in [-0.05, 0) is 86.7 Å². The first-order chi connectivity index (χ1) is 18.3. The first-order valence-electron chi connectivity index (χ1n) is 12.7. The highest BCUT2D eigenvalue weighted by molar-refractivity contribution is 7.89. The summed E-state index contributed by atoms with van der Waals surface area (Å²) in [6.45, 7) is 1.87.